The van der Waals surface area contributed by atoms with Crippen molar-refractivity contribution in [2.45, 2.75) is 18.8 Å². The lowest BCUT2D eigenvalue weighted by Crippen LogP contribution is -2.38. The number of piperidine rings is 1. The number of fused-ring (bicyclic) bond motifs is 1. The molecule has 0 atom stereocenters. The third kappa shape index (κ3) is 3.37. The molecule has 0 unspecified atom stereocenters. The third-order valence-electron chi connectivity index (χ3n) is 5.08. The molecule has 1 aliphatic rings. The lowest BCUT2D eigenvalue weighted by molar-refractivity contribution is 0.0711. The fourth-order valence-corrected chi connectivity index (χ4v) is 3.56. The number of benzene rings is 1. The first kappa shape index (κ1) is 17.5. The first-order valence-corrected chi connectivity index (χ1v) is 9.00. The van der Waals surface area contributed by atoms with Gasteiger partial charge in [0, 0.05) is 56.3 Å². The van der Waals surface area contributed by atoms with Crippen LogP contribution in [0.15, 0.2) is 41.1 Å². The molecule has 1 aliphatic heterocycles. The summed E-state index contributed by atoms with van der Waals surface area (Å²) in [6.07, 6.45) is 3.27. The highest BCUT2D eigenvalue weighted by Crippen LogP contribution is 2.33. The van der Waals surface area contributed by atoms with Crippen molar-refractivity contribution in [1.82, 2.24) is 15.0 Å². The van der Waals surface area contributed by atoms with E-state index in [0.717, 1.165) is 29.7 Å². The number of carbonyl (C=O) groups is 1. The Morgan fingerprint density at radius 3 is 2.74 bits per heavy atom. The Morgan fingerprint density at radius 1 is 1.22 bits per heavy atom. The standard InChI is InChI=1S/C20H21FN4O2/c1-24(2)18-11-14(5-8-22-18)20(26)25-9-6-13(7-10-25)19-16-4-3-15(21)12-17(16)27-23-19/h3-5,8,11-13H,6-7,9-10H2,1-2H3. The molecule has 2 aromatic heterocycles. The molecule has 1 amide bonds. The van der Waals surface area contributed by atoms with Crippen molar-refractivity contribution >= 4 is 22.7 Å². The van der Waals surface area contributed by atoms with Gasteiger partial charge in [0.05, 0.1) is 5.69 Å². The van der Waals surface area contributed by atoms with E-state index in [4.69, 9.17) is 4.52 Å². The Kier molecular flexibility index (Phi) is 4.51. The second kappa shape index (κ2) is 6.98. The van der Waals surface area contributed by atoms with Crippen molar-refractivity contribution in [1.29, 1.82) is 0 Å². The van der Waals surface area contributed by atoms with Crippen molar-refractivity contribution in [3.8, 4) is 0 Å². The normalized spacial score (nSPS) is 15.3. The van der Waals surface area contributed by atoms with Crippen LogP contribution in [0.4, 0.5) is 10.2 Å². The van der Waals surface area contributed by atoms with Crippen molar-refractivity contribution in [2.24, 2.45) is 0 Å². The number of aromatic nitrogens is 2. The molecule has 1 fully saturated rings. The summed E-state index contributed by atoms with van der Waals surface area (Å²) < 4.78 is 18.6. The van der Waals surface area contributed by atoms with Gasteiger partial charge in [0.15, 0.2) is 5.58 Å². The number of amides is 1. The average Bonchev–Trinajstić information content (AvgIpc) is 3.10. The molecule has 140 valence electrons. The van der Waals surface area contributed by atoms with Gasteiger partial charge in [-0.25, -0.2) is 9.37 Å². The topological polar surface area (TPSA) is 62.5 Å². The average molecular weight is 368 g/mol. The molecule has 0 saturated carbocycles. The number of hydrogen-bond donors (Lipinski definition) is 0. The minimum Gasteiger partial charge on any atom is -0.363 e. The number of carbonyl (C=O) groups excluding carboxylic acids is 1. The molecule has 0 radical (unpaired) electrons. The van der Waals surface area contributed by atoms with Crippen LogP contribution in [0, 0.1) is 5.82 Å². The SMILES string of the molecule is CN(C)c1cc(C(=O)N2CCC(c3noc4cc(F)ccc34)CC2)ccn1. The summed E-state index contributed by atoms with van der Waals surface area (Å²) in [5.41, 5.74) is 1.97. The van der Waals surface area contributed by atoms with Gasteiger partial charge < -0.3 is 14.3 Å². The number of pyridine rings is 1. The summed E-state index contributed by atoms with van der Waals surface area (Å²) in [7, 11) is 3.80. The lowest BCUT2D eigenvalue weighted by Gasteiger charge is -2.31. The molecule has 1 aromatic carbocycles. The summed E-state index contributed by atoms with van der Waals surface area (Å²) in [6, 6.07) is 8.06. The number of rotatable bonds is 3. The summed E-state index contributed by atoms with van der Waals surface area (Å²) in [5, 5.41) is 5.01. The van der Waals surface area contributed by atoms with E-state index in [0.29, 0.717) is 24.2 Å². The highest BCUT2D eigenvalue weighted by Gasteiger charge is 2.28. The summed E-state index contributed by atoms with van der Waals surface area (Å²) in [4.78, 5) is 20.8. The second-order valence-corrected chi connectivity index (χ2v) is 7.07. The zero-order chi connectivity index (χ0) is 19.0. The molecule has 0 N–H and O–H groups in total. The molecule has 3 aromatic rings. The van der Waals surface area contributed by atoms with Crippen LogP contribution in [-0.2, 0) is 0 Å². The van der Waals surface area contributed by atoms with Crippen LogP contribution < -0.4 is 4.90 Å². The fraction of sp³-hybridized carbons (Fsp3) is 0.350. The van der Waals surface area contributed by atoms with Gasteiger partial charge in [-0.05, 0) is 37.1 Å². The van der Waals surface area contributed by atoms with E-state index in [9.17, 15) is 9.18 Å². The summed E-state index contributed by atoms with van der Waals surface area (Å²) in [6.45, 7) is 1.30. The zero-order valence-corrected chi connectivity index (χ0v) is 15.4. The van der Waals surface area contributed by atoms with Crippen molar-refractivity contribution in [3.63, 3.8) is 0 Å². The highest BCUT2D eigenvalue weighted by molar-refractivity contribution is 5.95. The molecule has 3 heterocycles. The second-order valence-electron chi connectivity index (χ2n) is 7.07. The van der Waals surface area contributed by atoms with Gasteiger partial charge >= 0.3 is 0 Å². The first-order valence-electron chi connectivity index (χ1n) is 9.00. The van der Waals surface area contributed by atoms with Gasteiger partial charge in [-0.1, -0.05) is 5.16 Å². The predicted octanol–water partition coefficient (Wildman–Crippen LogP) is 3.45. The number of anilines is 1. The van der Waals surface area contributed by atoms with E-state index in [1.54, 1.807) is 18.3 Å². The monoisotopic (exact) mass is 368 g/mol. The minimum atomic E-state index is -0.333. The molecule has 1 saturated heterocycles. The van der Waals surface area contributed by atoms with Crippen molar-refractivity contribution < 1.29 is 13.7 Å². The van der Waals surface area contributed by atoms with Crippen LogP contribution in [0.3, 0.4) is 0 Å². The number of halogens is 1. The Morgan fingerprint density at radius 2 is 2.00 bits per heavy atom. The largest absolute Gasteiger partial charge is 0.363 e. The number of likely N-dealkylation sites (tertiary alicyclic amines) is 1. The van der Waals surface area contributed by atoms with E-state index in [1.807, 2.05) is 30.0 Å². The predicted molar refractivity (Wildman–Crippen MR) is 100 cm³/mol. The van der Waals surface area contributed by atoms with Crippen LogP contribution >= 0.6 is 0 Å². The third-order valence-corrected chi connectivity index (χ3v) is 5.08. The van der Waals surface area contributed by atoms with Crippen LogP contribution in [0.25, 0.3) is 11.0 Å². The van der Waals surface area contributed by atoms with Crippen molar-refractivity contribution in [2.75, 3.05) is 32.1 Å². The smallest absolute Gasteiger partial charge is 0.254 e. The molecular formula is C20H21FN4O2. The Bertz CT molecular complexity index is 977. The summed E-state index contributed by atoms with van der Waals surface area (Å²) >= 11 is 0. The zero-order valence-electron chi connectivity index (χ0n) is 15.4. The van der Waals surface area contributed by atoms with Crippen LogP contribution in [0.5, 0.6) is 0 Å². The van der Waals surface area contributed by atoms with Gasteiger partial charge in [-0.15, -0.1) is 0 Å². The summed E-state index contributed by atoms with van der Waals surface area (Å²) in [5.74, 6) is 0.652. The molecule has 6 nitrogen and oxygen atoms in total. The van der Waals surface area contributed by atoms with Gasteiger partial charge in [0.25, 0.3) is 5.91 Å². The van der Waals surface area contributed by atoms with Crippen LogP contribution in [0.1, 0.15) is 34.8 Å². The lowest BCUT2D eigenvalue weighted by atomic mass is 9.91. The van der Waals surface area contributed by atoms with Crippen molar-refractivity contribution in [3.05, 3.63) is 53.6 Å². The van der Waals surface area contributed by atoms with Gasteiger partial charge in [-0.2, -0.15) is 0 Å². The van der Waals surface area contributed by atoms with E-state index >= 15 is 0 Å². The van der Waals surface area contributed by atoms with Crippen LogP contribution in [-0.4, -0.2) is 48.1 Å². The van der Waals surface area contributed by atoms with E-state index < -0.39 is 0 Å². The molecule has 0 bridgehead atoms. The maximum absolute atomic E-state index is 13.3. The quantitative estimate of drug-likeness (QED) is 0.709. The maximum atomic E-state index is 13.3. The fourth-order valence-electron chi connectivity index (χ4n) is 3.56. The molecule has 4 rings (SSSR count). The minimum absolute atomic E-state index is 0.0195. The number of hydrogen-bond acceptors (Lipinski definition) is 5. The first-order chi connectivity index (χ1) is 13.0. The Balaban J connectivity index is 1.47. The molecule has 27 heavy (non-hydrogen) atoms. The van der Waals surface area contributed by atoms with E-state index in [2.05, 4.69) is 10.1 Å². The Hall–Kier alpha value is -2.96. The molecule has 0 aliphatic carbocycles. The number of nitrogens with zero attached hydrogens (tertiary/aromatic N) is 4. The Labute approximate surface area is 156 Å². The molecular weight excluding hydrogens is 347 g/mol. The molecule has 7 heteroatoms. The molecule has 0 spiro atoms. The van der Waals surface area contributed by atoms with Gasteiger partial charge in [-0.3, -0.25) is 4.79 Å². The van der Waals surface area contributed by atoms with E-state index in [-0.39, 0.29) is 17.6 Å². The maximum Gasteiger partial charge on any atom is 0.254 e. The van der Waals surface area contributed by atoms with Gasteiger partial charge in [0.2, 0.25) is 0 Å². The van der Waals surface area contributed by atoms with Crippen LogP contribution in [0.2, 0.25) is 0 Å². The van der Waals surface area contributed by atoms with E-state index in [1.165, 1.54) is 12.1 Å². The highest BCUT2D eigenvalue weighted by atomic mass is 19.1. The van der Waals surface area contributed by atoms with Gasteiger partial charge in [0.1, 0.15) is 11.6 Å².